The first kappa shape index (κ1) is 8.27. The van der Waals surface area contributed by atoms with Crippen LogP contribution in [0.1, 0.15) is 5.56 Å². The van der Waals surface area contributed by atoms with Crippen molar-refractivity contribution >= 4 is 21.8 Å². The second-order valence-electron chi connectivity index (χ2n) is 2.23. The number of hydrogen-bond acceptors (Lipinski definition) is 1. The molecule has 1 aromatic carbocycles. The van der Waals surface area contributed by atoms with Crippen LogP contribution >= 0.6 is 15.9 Å². The zero-order valence-corrected chi connectivity index (χ0v) is 7.39. The summed E-state index contributed by atoms with van der Waals surface area (Å²) in [6.45, 7) is 0. The fourth-order valence-electron chi connectivity index (χ4n) is 0.788. The SMILES string of the molecule is [NH]C(=O)Cc1ccc(Br)cc1. The summed E-state index contributed by atoms with van der Waals surface area (Å²) in [7, 11) is 0. The molecule has 0 aromatic heterocycles. The summed E-state index contributed by atoms with van der Waals surface area (Å²) in [6.07, 6.45) is 0.202. The van der Waals surface area contributed by atoms with Gasteiger partial charge in [-0.3, -0.25) is 10.5 Å². The summed E-state index contributed by atoms with van der Waals surface area (Å²) in [5.41, 5.74) is 7.60. The van der Waals surface area contributed by atoms with Crippen molar-refractivity contribution in [3.63, 3.8) is 0 Å². The summed E-state index contributed by atoms with van der Waals surface area (Å²) >= 11 is 3.28. The van der Waals surface area contributed by atoms with Gasteiger partial charge in [0.2, 0.25) is 5.91 Å². The van der Waals surface area contributed by atoms with E-state index in [1.165, 1.54) is 0 Å². The van der Waals surface area contributed by atoms with Crippen LogP contribution in [0.4, 0.5) is 0 Å². The van der Waals surface area contributed by atoms with Crippen molar-refractivity contribution in [3.05, 3.63) is 34.3 Å². The highest BCUT2D eigenvalue weighted by Crippen LogP contribution is 2.10. The van der Waals surface area contributed by atoms with Crippen LogP contribution in [0.3, 0.4) is 0 Å². The second kappa shape index (κ2) is 3.53. The van der Waals surface area contributed by atoms with Gasteiger partial charge in [0.1, 0.15) is 0 Å². The summed E-state index contributed by atoms with van der Waals surface area (Å²) < 4.78 is 0.985. The first-order valence-electron chi connectivity index (χ1n) is 3.17. The smallest absolute Gasteiger partial charge is 0.242 e. The molecule has 1 amide bonds. The Morgan fingerprint density at radius 2 is 1.91 bits per heavy atom. The molecule has 0 atom stereocenters. The Labute approximate surface area is 73.5 Å². The first-order chi connectivity index (χ1) is 5.18. The maximum atomic E-state index is 10.4. The molecule has 1 radical (unpaired) electrons. The van der Waals surface area contributed by atoms with Gasteiger partial charge in [0, 0.05) is 4.47 Å². The minimum atomic E-state index is -0.549. The van der Waals surface area contributed by atoms with E-state index in [1.54, 1.807) is 0 Å². The van der Waals surface area contributed by atoms with Crippen LogP contribution in [-0.4, -0.2) is 5.91 Å². The third-order valence-electron chi connectivity index (χ3n) is 1.28. The van der Waals surface area contributed by atoms with Gasteiger partial charge in [0.25, 0.3) is 0 Å². The van der Waals surface area contributed by atoms with Gasteiger partial charge in [0.15, 0.2) is 0 Å². The van der Waals surface area contributed by atoms with E-state index in [0.29, 0.717) is 0 Å². The Balaban J connectivity index is 2.74. The molecule has 0 saturated heterocycles. The number of nitrogens with one attached hydrogen (secondary N) is 1. The fourth-order valence-corrected chi connectivity index (χ4v) is 1.05. The van der Waals surface area contributed by atoms with E-state index in [-0.39, 0.29) is 6.42 Å². The second-order valence-corrected chi connectivity index (χ2v) is 3.14. The molecule has 3 heteroatoms. The van der Waals surface area contributed by atoms with E-state index >= 15 is 0 Å². The number of carbonyl (C=O) groups is 1. The zero-order valence-electron chi connectivity index (χ0n) is 5.80. The van der Waals surface area contributed by atoms with Crippen LogP contribution < -0.4 is 5.73 Å². The van der Waals surface area contributed by atoms with E-state index in [2.05, 4.69) is 15.9 Å². The predicted octanol–water partition coefficient (Wildman–Crippen LogP) is 1.80. The van der Waals surface area contributed by atoms with E-state index in [4.69, 9.17) is 5.73 Å². The maximum Gasteiger partial charge on any atom is 0.242 e. The Kier molecular flexibility index (Phi) is 2.65. The number of carbonyl (C=O) groups excluding carboxylic acids is 1. The van der Waals surface area contributed by atoms with Gasteiger partial charge in [-0.2, -0.15) is 0 Å². The fraction of sp³-hybridized carbons (Fsp3) is 0.125. The molecule has 0 fully saturated rings. The molecular formula is C8H7BrNO. The topological polar surface area (TPSA) is 40.9 Å². The molecule has 1 rings (SSSR count). The van der Waals surface area contributed by atoms with Crippen molar-refractivity contribution in [1.82, 2.24) is 5.73 Å². The Bertz CT molecular complexity index is 255. The lowest BCUT2D eigenvalue weighted by atomic mass is 10.1. The van der Waals surface area contributed by atoms with Crippen molar-refractivity contribution in [2.24, 2.45) is 0 Å². The monoisotopic (exact) mass is 212 g/mol. The molecule has 0 spiro atoms. The molecule has 0 aliphatic carbocycles. The lowest BCUT2D eigenvalue weighted by Gasteiger charge is -1.95. The standard InChI is InChI=1S/C8H7BrNO/c9-7-3-1-6(2-4-7)5-8(10)11/h1-4,10H,5H2. The van der Waals surface area contributed by atoms with Crippen LogP contribution in [0, 0.1) is 0 Å². The first-order valence-corrected chi connectivity index (χ1v) is 3.96. The van der Waals surface area contributed by atoms with E-state index in [9.17, 15) is 4.79 Å². The highest BCUT2D eigenvalue weighted by Gasteiger charge is 1.97. The van der Waals surface area contributed by atoms with Gasteiger partial charge in [-0.05, 0) is 17.7 Å². The summed E-state index contributed by atoms with van der Waals surface area (Å²) in [5, 5.41) is 0. The van der Waals surface area contributed by atoms with Crippen LogP contribution in [0.5, 0.6) is 0 Å². The van der Waals surface area contributed by atoms with E-state index in [0.717, 1.165) is 10.0 Å². The number of halogens is 1. The summed E-state index contributed by atoms with van der Waals surface area (Å²) in [5.74, 6) is -0.549. The van der Waals surface area contributed by atoms with E-state index < -0.39 is 5.91 Å². The van der Waals surface area contributed by atoms with Crippen molar-refractivity contribution in [1.29, 1.82) is 0 Å². The van der Waals surface area contributed by atoms with Crippen molar-refractivity contribution in [2.45, 2.75) is 6.42 Å². The summed E-state index contributed by atoms with van der Waals surface area (Å²) in [6, 6.07) is 7.38. The Hall–Kier alpha value is -0.830. The molecule has 0 saturated carbocycles. The van der Waals surface area contributed by atoms with Crippen LogP contribution in [0.15, 0.2) is 28.7 Å². The normalized spacial score (nSPS) is 9.55. The van der Waals surface area contributed by atoms with Gasteiger partial charge in [-0.25, -0.2) is 0 Å². The number of amides is 1. The zero-order chi connectivity index (χ0) is 8.27. The van der Waals surface area contributed by atoms with Crippen LogP contribution in [0.25, 0.3) is 0 Å². The molecule has 0 unspecified atom stereocenters. The average molecular weight is 213 g/mol. The average Bonchev–Trinajstić information content (AvgIpc) is 1.93. The van der Waals surface area contributed by atoms with Crippen molar-refractivity contribution < 1.29 is 4.79 Å². The largest absolute Gasteiger partial charge is 0.273 e. The molecule has 57 valence electrons. The third-order valence-corrected chi connectivity index (χ3v) is 1.81. The van der Waals surface area contributed by atoms with Gasteiger partial charge < -0.3 is 0 Å². The van der Waals surface area contributed by atoms with Crippen LogP contribution in [-0.2, 0) is 11.2 Å². The summed E-state index contributed by atoms with van der Waals surface area (Å²) in [4.78, 5) is 10.4. The molecule has 2 nitrogen and oxygen atoms in total. The number of benzene rings is 1. The molecule has 11 heavy (non-hydrogen) atoms. The van der Waals surface area contributed by atoms with E-state index in [1.807, 2.05) is 24.3 Å². The lowest BCUT2D eigenvalue weighted by Crippen LogP contribution is -2.01. The molecule has 0 bridgehead atoms. The molecule has 0 heterocycles. The van der Waals surface area contributed by atoms with Gasteiger partial charge in [-0.1, -0.05) is 28.1 Å². The molecule has 1 aromatic rings. The Morgan fingerprint density at radius 1 is 1.36 bits per heavy atom. The number of hydrogen-bond donors (Lipinski definition) is 0. The molecule has 1 N–H and O–H groups in total. The van der Waals surface area contributed by atoms with Gasteiger partial charge >= 0.3 is 0 Å². The maximum absolute atomic E-state index is 10.4. The third kappa shape index (κ3) is 2.72. The highest BCUT2D eigenvalue weighted by molar-refractivity contribution is 9.10. The molecule has 0 aliphatic rings. The van der Waals surface area contributed by atoms with Gasteiger partial charge in [0.05, 0.1) is 6.42 Å². The lowest BCUT2D eigenvalue weighted by molar-refractivity contribution is -0.118. The van der Waals surface area contributed by atoms with Crippen LogP contribution in [0.2, 0.25) is 0 Å². The quantitative estimate of drug-likeness (QED) is 0.738. The van der Waals surface area contributed by atoms with Crippen molar-refractivity contribution in [3.8, 4) is 0 Å². The predicted molar refractivity (Wildman–Crippen MR) is 45.9 cm³/mol. The highest BCUT2D eigenvalue weighted by atomic mass is 79.9. The Morgan fingerprint density at radius 3 is 2.36 bits per heavy atom. The molecular weight excluding hydrogens is 206 g/mol. The van der Waals surface area contributed by atoms with Crippen molar-refractivity contribution in [2.75, 3.05) is 0 Å². The molecule has 0 aliphatic heterocycles. The minimum absolute atomic E-state index is 0.202. The number of rotatable bonds is 2. The van der Waals surface area contributed by atoms with Gasteiger partial charge in [-0.15, -0.1) is 0 Å². The minimum Gasteiger partial charge on any atom is -0.273 e.